The minimum atomic E-state index is -0.472. The van der Waals surface area contributed by atoms with Gasteiger partial charge in [0.2, 0.25) is 0 Å². The van der Waals surface area contributed by atoms with Crippen LogP contribution in [-0.4, -0.2) is 10.7 Å². The van der Waals surface area contributed by atoms with E-state index in [1.165, 1.54) is 12.0 Å². The van der Waals surface area contributed by atoms with Crippen LogP contribution >= 0.6 is 0 Å². The summed E-state index contributed by atoms with van der Waals surface area (Å²) in [6.45, 7) is 9.21. The second-order valence-corrected chi connectivity index (χ2v) is 8.42. The summed E-state index contributed by atoms with van der Waals surface area (Å²) in [6.07, 6.45) is 6.17. The van der Waals surface area contributed by atoms with Crippen LogP contribution < -0.4 is 0 Å². The lowest BCUT2D eigenvalue weighted by atomic mass is 9.59. The van der Waals surface area contributed by atoms with E-state index in [0.29, 0.717) is 0 Å². The summed E-state index contributed by atoms with van der Waals surface area (Å²) < 4.78 is 0. The summed E-state index contributed by atoms with van der Waals surface area (Å²) in [5.74, 6) is 0. The first-order valence-corrected chi connectivity index (χ1v) is 7.96. The number of hydrogen-bond donors (Lipinski definition) is 1. The molecule has 0 bridgehead atoms. The van der Waals surface area contributed by atoms with Crippen LogP contribution in [0.2, 0.25) is 0 Å². The van der Waals surface area contributed by atoms with E-state index in [1.54, 1.807) is 0 Å². The normalized spacial score (nSPS) is 23.4. The molecule has 112 valence electrons. The van der Waals surface area contributed by atoms with E-state index in [2.05, 4.69) is 58.0 Å². The number of aryl methyl sites for hydroxylation is 1. The fourth-order valence-electron chi connectivity index (χ4n) is 4.71. The predicted octanol–water partition coefficient (Wildman–Crippen LogP) is 4.98. The quantitative estimate of drug-likeness (QED) is 0.821. The minimum absolute atomic E-state index is 0.253. The van der Waals surface area contributed by atoms with Gasteiger partial charge in [0.25, 0.3) is 0 Å². The van der Waals surface area contributed by atoms with Gasteiger partial charge in [0.05, 0.1) is 5.60 Å². The van der Waals surface area contributed by atoms with Gasteiger partial charge in [-0.15, -0.1) is 0 Å². The molecule has 1 fully saturated rings. The Morgan fingerprint density at radius 3 is 2.00 bits per heavy atom. The topological polar surface area (TPSA) is 20.2 Å². The molecule has 0 unspecified atom stereocenters. The Morgan fingerprint density at radius 1 is 0.900 bits per heavy atom. The molecule has 1 saturated carbocycles. The standard InChI is InChI=1S/C19H30O/c1-17(2)13-18(3,4)15-19(20,14-17)12-8-11-16-9-6-5-7-10-16/h5-7,9-10,20H,8,11-15H2,1-4H3. The van der Waals surface area contributed by atoms with Crippen molar-refractivity contribution < 1.29 is 5.11 Å². The maximum Gasteiger partial charge on any atom is 0.0658 e. The fraction of sp³-hybridized carbons (Fsp3) is 0.684. The SMILES string of the molecule is CC1(C)CC(C)(C)CC(O)(CCCc2ccccc2)C1. The monoisotopic (exact) mass is 274 g/mol. The molecule has 0 spiro atoms. The molecule has 1 nitrogen and oxygen atoms in total. The lowest BCUT2D eigenvalue weighted by Crippen LogP contribution is -2.46. The summed E-state index contributed by atoms with van der Waals surface area (Å²) in [4.78, 5) is 0. The van der Waals surface area contributed by atoms with E-state index < -0.39 is 5.60 Å². The zero-order valence-electron chi connectivity index (χ0n) is 13.6. The maximum atomic E-state index is 11.0. The van der Waals surface area contributed by atoms with Gasteiger partial charge >= 0.3 is 0 Å². The van der Waals surface area contributed by atoms with Crippen molar-refractivity contribution >= 4 is 0 Å². The van der Waals surface area contributed by atoms with E-state index in [0.717, 1.165) is 32.1 Å². The number of aliphatic hydroxyl groups is 1. The smallest absolute Gasteiger partial charge is 0.0658 e. The molecule has 0 amide bonds. The van der Waals surface area contributed by atoms with Crippen LogP contribution in [0.15, 0.2) is 30.3 Å². The van der Waals surface area contributed by atoms with Crippen molar-refractivity contribution in [1.82, 2.24) is 0 Å². The highest BCUT2D eigenvalue weighted by Gasteiger charge is 2.45. The van der Waals surface area contributed by atoms with Gasteiger partial charge in [-0.3, -0.25) is 0 Å². The Kier molecular flexibility index (Phi) is 4.30. The van der Waals surface area contributed by atoms with Crippen LogP contribution in [0.25, 0.3) is 0 Å². The first kappa shape index (κ1) is 15.6. The Labute approximate surface area is 124 Å². The first-order valence-electron chi connectivity index (χ1n) is 7.96. The Balaban J connectivity index is 1.93. The molecule has 0 aliphatic heterocycles. The van der Waals surface area contributed by atoms with Crippen LogP contribution in [0, 0.1) is 10.8 Å². The Hall–Kier alpha value is -0.820. The van der Waals surface area contributed by atoms with Gasteiger partial charge in [-0.05, 0) is 54.9 Å². The molecule has 0 saturated heterocycles. The summed E-state index contributed by atoms with van der Waals surface area (Å²) in [7, 11) is 0. The van der Waals surface area contributed by atoms with Crippen LogP contribution in [0.3, 0.4) is 0 Å². The molecule has 0 radical (unpaired) electrons. The van der Waals surface area contributed by atoms with Crippen LogP contribution in [-0.2, 0) is 6.42 Å². The van der Waals surface area contributed by atoms with E-state index in [1.807, 2.05) is 0 Å². The zero-order chi connectivity index (χ0) is 14.9. The lowest BCUT2D eigenvalue weighted by molar-refractivity contribution is -0.0912. The number of benzene rings is 1. The third kappa shape index (κ3) is 4.34. The van der Waals surface area contributed by atoms with Crippen LogP contribution in [0.4, 0.5) is 0 Å². The van der Waals surface area contributed by atoms with Crippen LogP contribution in [0.1, 0.15) is 65.4 Å². The molecule has 2 rings (SSSR count). The lowest BCUT2D eigenvalue weighted by Gasteiger charge is -2.49. The average molecular weight is 274 g/mol. The van der Waals surface area contributed by atoms with Gasteiger partial charge in [-0.2, -0.15) is 0 Å². The molecular weight excluding hydrogens is 244 g/mol. The predicted molar refractivity (Wildman–Crippen MR) is 85.7 cm³/mol. The average Bonchev–Trinajstić information content (AvgIpc) is 2.25. The molecule has 1 aliphatic carbocycles. The van der Waals surface area contributed by atoms with Crippen molar-refractivity contribution in [3.8, 4) is 0 Å². The van der Waals surface area contributed by atoms with Gasteiger partial charge in [0.1, 0.15) is 0 Å². The van der Waals surface area contributed by atoms with Gasteiger partial charge in [0.15, 0.2) is 0 Å². The molecule has 1 aliphatic rings. The first-order chi connectivity index (χ1) is 9.20. The van der Waals surface area contributed by atoms with Crippen LogP contribution in [0.5, 0.6) is 0 Å². The molecular formula is C19H30O. The molecule has 1 aromatic carbocycles. The molecule has 20 heavy (non-hydrogen) atoms. The third-order valence-electron chi connectivity index (χ3n) is 4.52. The summed E-state index contributed by atoms with van der Waals surface area (Å²) in [6, 6.07) is 10.6. The Morgan fingerprint density at radius 2 is 1.45 bits per heavy atom. The molecule has 0 heterocycles. The van der Waals surface area contributed by atoms with Gasteiger partial charge in [0, 0.05) is 0 Å². The van der Waals surface area contributed by atoms with Gasteiger partial charge in [-0.25, -0.2) is 0 Å². The van der Waals surface area contributed by atoms with E-state index in [-0.39, 0.29) is 10.8 Å². The summed E-state index contributed by atoms with van der Waals surface area (Å²) in [5.41, 5.74) is 1.41. The second kappa shape index (κ2) is 5.52. The summed E-state index contributed by atoms with van der Waals surface area (Å²) >= 11 is 0. The highest BCUT2D eigenvalue weighted by Crippen LogP contribution is 2.51. The fourth-order valence-corrected chi connectivity index (χ4v) is 4.71. The van der Waals surface area contributed by atoms with Crippen molar-refractivity contribution in [3.63, 3.8) is 0 Å². The van der Waals surface area contributed by atoms with E-state index >= 15 is 0 Å². The Bertz CT molecular complexity index is 414. The molecule has 0 atom stereocenters. The molecule has 1 aromatic rings. The highest BCUT2D eigenvalue weighted by atomic mass is 16.3. The minimum Gasteiger partial charge on any atom is -0.390 e. The van der Waals surface area contributed by atoms with Gasteiger partial charge in [-0.1, -0.05) is 58.0 Å². The molecule has 1 heteroatoms. The number of rotatable bonds is 4. The van der Waals surface area contributed by atoms with Crippen molar-refractivity contribution in [2.45, 2.75) is 71.8 Å². The van der Waals surface area contributed by atoms with Crippen molar-refractivity contribution in [2.75, 3.05) is 0 Å². The number of hydrogen-bond acceptors (Lipinski definition) is 1. The van der Waals surface area contributed by atoms with Crippen molar-refractivity contribution in [1.29, 1.82) is 0 Å². The van der Waals surface area contributed by atoms with Gasteiger partial charge < -0.3 is 5.11 Å². The van der Waals surface area contributed by atoms with Crippen molar-refractivity contribution in [3.05, 3.63) is 35.9 Å². The second-order valence-electron chi connectivity index (χ2n) is 8.42. The van der Waals surface area contributed by atoms with Crippen molar-refractivity contribution in [2.24, 2.45) is 10.8 Å². The van der Waals surface area contributed by atoms with E-state index in [4.69, 9.17) is 0 Å². The zero-order valence-corrected chi connectivity index (χ0v) is 13.6. The van der Waals surface area contributed by atoms with E-state index in [9.17, 15) is 5.11 Å². The largest absolute Gasteiger partial charge is 0.390 e. The molecule has 1 N–H and O–H groups in total. The maximum absolute atomic E-state index is 11.0. The molecule has 0 aromatic heterocycles. The highest BCUT2D eigenvalue weighted by molar-refractivity contribution is 5.14. The summed E-state index contributed by atoms with van der Waals surface area (Å²) in [5, 5.41) is 11.0. The third-order valence-corrected chi connectivity index (χ3v) is 4.52.